The molecule has 1 aromatic rings. The summed E-state index contributed by atoms with van der Waals surface area (Å²) in [5.74, 6) is 1.10. The van der Waals surface area contributed by atoms with Crippen molar-refractivity contribution < 1.29 is 5.11 Å². The van der Waals surface area contributed by atoms with E-state index in [1.54, 1.807) is 6.92 Å². The topological polar surface area (TPSA) is 23.5 Å². The van der Waals surface area contributed by atoms with E-state index in [1.165, 1.54) is 0 Å². The summed E-state index contributed by atoms with van der Waals surface area (Å²) in [6, 6.07) is 6.51. The van der Waals surface area contributed by atoms with E-state index in [9.17, 15) is 5.11 Å². The minimum absolute atomic E-state index is 0.422. The highest BCUT2D eigenvalue weighted by Gasteiger charge is 2.13. The van der Waals surface area contributed by atoms with Crippen LogP contribution in [0.5, 0.6) is 0 Å². The Bertz CT molecular complexity index is 370. The summed E-state index contributed by atoms with van der Waals surface area (Å²) >= 11 is 5.43. The Morgan fingerprint density at radius 2 is 2.06 bits per heavy atom. The molecule has 2 atom stereocenters. The lowest BCUT2D eigenvalue weighted by atomic mass is 10.1. The van der Waals surface area contributed by atoms with Gasteiger partial charge in [-0.2, -0.15) is 11.8 Å². The molecule has 1 aromatic carbocycles. The Morgan fingerprint density at radius 1 is 1.41 bits per heavy atom. The molecule has 0 spiro atoms. The van der Waals surface area contributed by atoms with Gasteiger partial charge in [-0.25, -0.2) is 0 Å². The summed E-state index contributed by atoms with van der Waals surface area (Å²) in [6.45, 7) is 3.99. The van der Waals surface area contributed by atoms with Gasteiger partial charge in [-0.1, -0.05) is 6.07 Å². The first-order valence-electron chi connectivity index (χ1n) is 5.66. The number of rotatable bonds is 5. The number of nitrogens with zero attached hydrogens (tertiary/aromatic N) is 1. The van der Waals surface area contributed by atoms with E-state index >= 15 is 0 Å². The fourth-order valence-corrected chi connectivity index (χ4v) is 3.04. The molecule has 1 rings (SSSR count). The summed E-state index contributed by atoms with van der Waals surface area (Å²) in [5.41, 5.74) is 2.10. The first kappa shape index (κ1) is 14.9. The molecular weight excluding hydrogens is 298 g/mol. The normalized spacial score (nSPS) is 14.5. The number of hydrogen-bond donors (Lipinski definition) is 1. The van der Waals surface area contributed by atoms with Crippen LogP contribution in [-0.4, -0.2) is 30.2 Å². The van der Waals surface area contributed by atoms with Gasteiger partial charge in [-0.3, -0.25) is 0 Å². The van der Waals surface area contributed by atoms with E-state index in [0.29, 0.717) is 6.04 Å². The third kappa shape index (κ3) is 3.90. The number of halogens is 1. The first-order valence-corrected chi connectivity index (χ1v) is 7.85. The predicted octanol–water partition coefficient (Wildman–Crippen LogP) is 3.69. The quantitative estimate of drug-likeness (QED) is 0.896. The van der Waals surface area contributed by atoms with E-state index in [0.717, 1.165) is 21.5 Å². The lowest BCUT2D eigenvalue weighted by molar-refractivity contribution is 0.199. The summed E-state index contributed by atoms with van der Waals surface area (Å²) in [4.78, 5) is 2.26. The van der Waals surface area contributed by atoms with Gasteiger partial charge in [0.05, 0.1) is 11.8 Å². The van der Waals surface area contributed by atoms with Crippen molar-refractivity contribution >= 4 is 33.4 Å². The Kier molecular flexibility index (Phi) is 5.83. The van der Waals surface area contributed by atoms with E-state index in [-0.39, 0.29) is 0 Å². The average molecular weight is 318 g/mol. The summed E-state index contributed by atoms with van der Waals surface area (Å²) < 4.78 is 1.03. The Labute approximate surface area is 117 Å². The molecule has 0 amide bonds. The Hall–Kier alpha value is -0.190. The number of aliphatic hydroxyl groups is 1. The van der Waals surface area contributed by atoms with Crippen molar-refractivity contribution in [2.45, 2.75) is 26.0 Å². The van der Waals surface area contributed by atoms with Crippen molar-refractivity contribution in [2.24, 2.45) is 0 Å². The van der Waals surface area contributed by atoms with Crippen LogP contribution in [0, 0.1) is 0 Å². The van der Waals surface area contributed by atoms with E-state index in [1.807, 2.05) is 23.9 Å². The van der Waals surface area contributed by atoms with Crippen LogP contribution in [0.3, 0.4) is 0 Å². The monoisotopic (exact) mass is 317 g/mol. The third-order valence-electron chi connectivity index (χ3n) is 2.90. The van der Waals surface area contributed by atoms with Gasteiger partial charge in [0.15, 0.2) is 0 Å². The molecule has 0 aliphatic heterocycles. The van der Waals surface area contributed by atoms with Crippen LogP contribution in [0.4, 0.5) is 5.69 Å². The molecule has 0 saturated heterocycles. The molecule has 1 N–H and O–H groups in total. The van der Waals surface area contributed by atoms with Crippen molar-refractivity contribution in [1.29, 1.82) is 0 Å². The fourth-order valence-electron chi connectivity index (χ4n) is 1.66. The molecule has 2 nitrogen and oxygen atoms in total. The van der Waals surface area contributed by atoms with Gasteiger partial charge >= 0.3 is 0 Å². The van der Waals surface area contributed by atoms with Gasteiger partial charge in [-0.15, -0.1) is 0 Å². The maximum atomic E-state index is 9.53. The largest absolute Gasteiger partial charge is 0.389 e. The Morgan fingerprint density at radius 3 is 2.53 bits per heavy atom. The smallest absolute Gasteiger partial charge is 0.0762 e. The van der Waals surface area contributed by atoms with Gasteiger partial charge in [0.25, 0.3) is 0 Å². The van der Waals surface area contributed by atoms with Crippen LogP contribution in [-0.2, 0) is 0 Å². The highest BCUT2D eigenvalue weighted by Crippen LogP contribution is 2.30. The van der Waals surface area contributed by atoms with Gasteiger partial charge in [0.2, 0.25) is 0 Å². The molecule has 1 unspecified atom stereocenters. The van der Waals surface area contributed by atoms with Crippen molar-refractivity contribution in [3.63, 3.8) is 0 Å². The summed E-state index contributed by atoms with van der Waals surface area (Å²) in [7, 11) is 2.10. The Balaban J connectivity index is 2.91. The number of hydrogen-bond acceptors (Lipinski definition) is 3. The number of anilines is 1. The maximum Gasteiger partial charge on any atom is 0.0762 e. The molecule has 0 fully saturated rings. The van der Waals surface area contributed by atoms with Crippen LogP contribution in [0.1, 0.15) is 25.5 Å². The fraction of sp³-hybridized carbons (Fsp3) is 0.538. The minimum Gasteiger partial charge on any atom is -0.389 e. The first-order chi connectivity index (χ1) is 7.97. The maximum absolute atomic E-state index is 9.53. The second kappa shape index (κ2) is 6.66. The van der Waals surface area contributed by atoms with Crippen molar-refractivity contribution in [3.05, 3.63) is 28.2 Å². The van der Waals surface area contributed by atoms with Crippen LogP contribution in [0.2, 0.25) is 0 Å². The van der Waals surface area contributed by atoms with Crippen LogP contribution in [0.25, 0.3) is 0 Å². The summed E-state index contributed by atoms with van der Waals surface area (Å²) in [5, 5.41) is 9.53. The van der Waals surface area contributed by atoms with Crippen molar-refractivity contribution in [3.8, 4) is 0 Å². The standard InChI is InChI=1S/C13H20BrNOS/c1-9(8-17-4)15(3)13-6-5-11(10(2)16)7-12(13)14/h5-7,9-10,16H,8H2,1-4H3/t9?,10-/m1/s1. The van der Waals surface area contributed by atoms with Crippen LogP contribution >= 0.6 is 27.7 Å². The molecule has 96 valence electrons. The van der Waals surface area contributed by atoms with E-state index in [2.05, 4.69) is 47.1 Å². The average Bonchev–Trinajstić information content (AvgIpc) is 2.28. The van der Waals surface area contributed by atoms with Gasteiger partial charge in [0.1, 0.15) is 0 Å². The molecule has 0 aliphatic carbocycles. The number of aliphatic hydroxyl groups excluding tert-OH is 1. The zero-order chi connectivity index (χ0) is 13.0. The molecule has 4 heteroatoms. The van der Waals surface area contributed by atoms with Gasteiger partial charge in [-0.05, 0) is 53.7 Å². The molecule has 17 heavy (non-hydrogen) atoms. The number of thioether (sulfide) groups is 1. The second-order valence-corrected chi connectivity index (χ2v) is 6.07. The van der Waals surface area contributed by atoms with Crippen molar-refractivity contribution in [1.82, 2.24) is 0 Å². The highest BCUT2D eigenvalue weighted by atomic mass is 79.9. The summed E-state index contributed by atoms with van der Waals surface area (Å²) in [6.07, 6.45) is 1.70. The zero-order valence-corrected chi connectivity index (χ0v) is 13.2. The van der Waals surface area contributed by atoms with E-state index < -0.39 is 6.10 Å². The second-order valence-electron chi connectivity index (χ2n) is 4.30. The molecule has 0 bridgehead atoms. The minimum atomic E-state index is -0.422. The molecule has 0 aliphatic rings. The molecule has 0 heterocycles. The van der Waals surface area contributed by atoms with Crippen molar-refractivity contribution in [2.75, 3.05) is 24.0 Å². The SMILES string of the molecule is CSCC(C)N(C)c1ccc([C@@H](C)O)cc1Br. The number of benzene rings is 1. The molecular formula is C13H20BrNOS. The molecule has 0 radical (unpaired) electrons. The molecule has 0 saturated carbocycles. The third-order valence-corrected chi connectivity index (χ3v) is 4.35. The van der Waals surface area contributed by atoms with Gasteiger partial charge in [0, 0.05) is 23.3 Å². The lowest BCUT2D eigenvalue weighted by Gasteiger charge is -2.28. The lowest BCUT2D eigenvalue weighted by Crippen LogP contribution is -2.31. The van der Waals surface area contributed by atoms with Crippen LogP contribution < -0.4 is 4.90 Å². The zero-order valence-electron chi connectivity index (χ0n) is 10.8. The molecule has 0 aromatic heterocycles. The van der Waals surface area contributed by atoms with E-state index in [4.69, 9.17) is 0 Å². The highest BCUT2D eigenvalue weighted by molar-refractivity contribution is 9.10. The predicted molar refractivity (Wildman–Crippen MR) is 81.0 cm³/mol. The van der Waals surface area contributed by atoms with Gasteiger partial charge < -0.3 is 10.0 Å². The van der Waals surface area contributed by atoms with Crippen LogP contribution in [0.15, 0.2) is 22.7 Å².